The molecule has 0 radical (unpaired) electrons. The first-order valence-electron chi connectivity index (χ1n) is 20.4. The molecule has 4 atom stereocenters. The molecule has 0 amide bonds. The SMILES string of the molecule is Cc1cc2c(c(C)c1C)C1c3c(cc(C)c(C)c3C)C2C2CCCCC12.Cc1cc2c(cc1C)C1c3cc(C)c(C)cc3C2C2CCCCC12.[Ar].[Ar]. The zero-order valence-electron chi connectivity index (χ0n) is 33.4. The van der Waals surface area contributed by atoms with Crippen LogP contribution in [0, 0.1) is 168 Å². The molecule has 8 aliphatic rings. The molecule has 8 aliphatic carbocycles. The third kappa shape index (κ3) is 5.79. The van der Waals surface area contributed by atoms with Crippen molar-refractivity contribution in [1.82, 2.24) is 0 Å². The average Bonchev–Trinajstić information content (AvgIpc) is 3.10. The van der Waals surface area contributed by atoms with Crippen LogP contribution < -0.4 is 0 Å². The van der Waals surface area contributed by atoms with Gasteiger partial charge in [-0.2, -0.15) is 0 Å². The van der Waals surface area contributed by atoms with Crippen LogP contribution >= 0.6 is 0 Å². The van der Waals surface area contributed by atoms with Gasteiger partial charge in [-0.1, -0.05) is 62.1 Å². The van der Waals surface area contributed by atoms with E-state index in [9.17, 15) is 0 Å². The van der Waals surface area contributed by atoms with Crippen molar-refractivity contribution in [3.05, 3.63) is 137 Å². The minimum atomic E-state index is 0. The zero-order chi connectivity index (χ0) is 34.9. The summed E-state index contributed by atoms with van der Waals surface area (Å²) in [5.41, 5.74) is 28.6. The summed E-state index contributed by atoms with van der Waals surface area (Å²) in [6, 6.07) is 15.3. The van der Waals surface area contributed by atoms with E-state index in [0.717, 1.165) is 23.7 Å². The fourth-order valence-corrected chi connectivity index (χ4v) is 12.9. The molecule has 0 saturated heterocycles. The molecule has 4 aromatic carbocycles. The van der Waals surface area contributed by atoms with Crippen LogP contribution in [0.5, 0.6) is 0 Å². The maximum absolute atomic E-state index is 2.56. The van der Waals surface area contributed by atoms with E-state index in [1.807, 2.05) is 0 Å². The predicted molar refractivity (Wildman–Crippen MR) is 211 cm³/mol. The maximum atomic E-state index is 2.56. The molecule has 12 rings (SSSR count). The van der Waals surface area contributed by atoms with Gasteiger partial charge in [-0.25, -0.2) is 0 Å². The van der Waals surface area contributed by atoms with E-state index >= 15 is 0 Å². The second-order valence-corrected chi connectivity index (χ2v) is 18.2. The Hall–Kier alpha value is -0.601. The summed E-state index contributed by atoms with van der Waals surface area (Å²) in [4.78, 5) is 0. The fourth-order valence-electron chi connectivity index (χ4n) is 12.9. The number of rotatable bonds is 0. The van der Waals surface area contributed by atoms with Crippen molar-refractivity contribution in [1.29, 1.82) is 0 Å². The first-order valence-corrected chi connectivity index (χ1v) is 20.4. The zero-order valence-corrected chi connectivity index (χ0v) is 34.9. The molecule has 2 saturated carbocycles. The van der Waals surface area contributed by atoms with Crippen LogP contribution in [0.4, 0.5) is 0 Å². The van der Waals surface area contributed by atoms with Crippen molar-refractivity contribution in [2.24, 2.45) is 23.7 Å². The first kappa shape index (κ1) is 39.6. The number of aryl methyl sites for hydroxylation is 6. The number of hydrogen-bond acceptors (Lipinski definition) is 0. The van der Waals surface area contributed by atoms with E-state index in [1.54, 1.807) is 55.6 Å². The number of benzene rings is 4. The minimum Gasteiger partial charge on any atom is -0.0549 e. The second-order valence-electron chi connectivity index (χ2n) is 18.2. The topological polar surface area (TPSA) is 0 Å². The van der Waals surface area contributed by atoms with Crippen molar-refractivity contribution in [2.45, 2.75) is 144 Å². The van der Waals surface area contributed by atoms with Gasteiger partial charge >= 0.3 is 0 Å². The van der Waals surface area contributed by atoms with Crippen LogP contribution in [0.15, 0.2) is 36.4 Å². The molecule has 2 heteroatoms. The monoisotopic (exact) mass is 740 g/mol. The third-order valence-electron chi connectivity index (χ3n) is 16.0. The summed E-state index contributed by atoms with van der Waals surface area (Å²) in [5.74, 6) is 6.11. The minimum absolute atomic E-state index is 0. The summed E-state index contributed by atoms with van der Waals surface area (Å²) in [6.45, 7) is 23.3. The summed E-state index contributed by atoms with van der Waals surface area (Å²) in [7, 11) is 0. The van der Waals surface area contributed by atoms with E-state index in [-0.39, 0.29) is 75.5 Å². The van der Waals surface area contributed by atoms with Crippen LogP contribution in [0.1, 0.15) is 175 Å². The van der Waals surface area contributed by atoms with Crippen molar-refractivity contribution < 1.29 is 75.5 Å². The van der Waals surface area contributed by atoms with Crippen molar-refractivity contribution in [3.63, 3.8) is 0 Å². The van der Waals surface area contributed by atoms with Crippen LogP contribution in [0.3, 0.4) is 0 Å². The molecule has 276 valence electrons. The van der Waals surface area contributed by atoms with Crippen LogP contribution in [-0.2, 0) is 0 Å². The van der Waals surface area contributed by atoms with Gasteiger partial charge in [0.25, 0.3) is 0 Å². The van der Waals surface area contributed by atoms with E-state index in [4.69, 9.17) is 0 Å². The van der Waals surface area contributed by atoms with Gasteiger partial charge in [0.05, 0.1) is 0 Å². The normalized spacial score (nSPS) is 28.0. The molecule has 2 fully saturated rings. The van der Waals surface area contributed by atoms with Gasteiger partial charge < -0.3 is 0 Å². The molecule has 0 aromatic heterocycles. The van der Waals surface area contributed by atoms with Crippen molar-refractivity contribution in [3.8, 4) is 0 Å². The van der Waals surface area contributed by atoms with E-state index in [0.29, 0.717) is 23.7 Å². The molecule has 0 heterocycles. The van der Waals surface area contributed by atoms with E-state index < -0.39 is 0 Å². The van der Waals surface area contributed by atoms with Crippen molar-refractivity contribution >= 4 is 0 Å². The molecule has 4 unspecified atom stereocenters. The first-order chi connectivity index (χ1) is 24.0. The van der Waals surface area contributed by atoms with Gasteiger partial charge in [0.1, 0.15) is 0 Å². The quantitative estimate of drug-likeness (QED) is 0.168. The summed E-state index contributed by atoms with van der Waals surface area (Å²) in [5, 5.41) is 0. The Morgan fingerprint density at radius 2 is 0.558 bits per heavy atom. The Morgan fingerprint density at radius 3 is 0.865 bits per heavy atom. The predicted octanol–water partition coefficient (Wildman–Crippen LogP) is 13.3. The van der Waals surface area contributed by atoms with Crippen molar-refractivity contribution in [2.75, 3.05) is 0 Å². The standard InChI is InChI=1S/C26H32.C24H28.2Ar/c1-13-11-21-23(17(5)15(13)3)26-20-10-8-7-9-19(20)25(21)22-12-14(2)16(4)18(6)24(22)26;1-13-9-19-20(10-14(13)2)24-18-8-6-5-7-17(18)23(19)21-11-15(3)16(4)12-22(21)24;;/h11-12,19-20,25-26H,7-10H2,1-6H3;9-12,17-18,23-24H,5-8H2,1-4H3;;. The maximum Gasteiger partial charge on any atom is 0.0132 e. The Bertz CT molecular complexity index is 1890. The van der Waals surface area contributed by atoms with Crippen LogP contribution in [-0.4, -0.2) is 0 Å². The number of hydrogen-bond donors (Lipinski definition) is 0. The van der Waals surface area contributed by atoms with Crippen LogP contribution in [0.25, 0.3) is 0 Å². The van der Waals surface area contributed by atoms with Gasteiger partial charge in [0, 0.05) is 99.1 Å². The van der Waals surface area contributed by atoms with Gasteiger partial charge in [-0.15, -0.1) is 0 Å². The molecule has 0 aliphatic heterocycles. The van der Waals surface area contributed by atoms with E-state index in [2.05, 4.69) is 106 Å². The Labute approximate surface area is 375 Å². The molecule has 4 bridgehead atoms. The summed E-state index contributed by atoms with van der Waals surface area (Å²) < 4.78 is 0. The van der Waals surface area contributed by atoms with Gasteiger partial charge in [-0.05, 0) is 219 Å². The second kappa shape index (κ2) is 14.7. The van der Waals surface area contributed by atoms with Gasteiger partial charge in [-0.3, -0.25) is 0 Å². The molecule has 0 spiro atoms. The molecular weight excluding hydrogens is 680 g/mol. The Kier molecular flexibility index (Phi) is 11.2. The molecule has 0 N–H and O–H groups in total. The smallest absolute Gasteiger partial charge is 0.0132 e. The molecular formula is C50H60Ar2. The molecule has 52 heavy (non-hydrogen) atoms. The summed E-state index contributed by atoms with van der Waals surface area (Å²) >= 11 is 0. The third-order valence-corrected chi connectivity index (χ3v) is 16.0. The average molecular weight is 741 g/mol. The van der Waals surface area contributed by atoms with Gasteiger partial charge in [0.15, 0.2) is 0 Å². The van der Waals surface area contributed by atoms with Gasteiger partial charge in [0.2, 0.25) is 0 Å². The molecule has 4 aromatic rings. The fraction of sp³-hybridized carbons (Fsp3) is 0.520. The Morgan fingerprint density at radius 1 is 0.308 bits per heavy atom. The Balaban J connectivity index is 0.000000156. The largest absolute Gasteiger partial charge is 0.0549 e. The van der Waals surface area contributed by atoms with Crippen LogP contribution in [0.2, 0.25) is 0 Å². The summed E-state index contributed by atoms with van der Waals surface area (Å²) in [6.07, 6.45) is 11.5. The van der Waals surface area contributed by atoms with E-state index in [1.165, 1.54) is 95.9 Å². The molecule has 0 nitrogen and oxygen atoms in total.